The van der Waals surface area contributed by atoms with E-state index in [0.717, 1.165) is 31.5 Å². The number of anilines is 1. The van der Waals surface area contributed by atoms with Crippen LogP contribution >= 0.6 is 0 Å². The lowest BCUT2D eigenvalue weighted by Gasteiger charge is -2.13. The maximum atomic E-state index is 12.7. The summed E-state index contributed by atoms with van der Waals surface area (Å²) in [6.07, 6.45) is -1.22. The maximum absolute atomic E-state index is 12.7. The lowest BCUT2D eigenvalue weighted by molar-refractivity contribution is -0.137. The van der Waals surface area contributed by atoms with Gasteiger partial charge in [0.1, 0.15) is 0 Å². The number of hydrogen-bond acceptors (Lipinski definition) is 2. The number of carbonyl (C=O) groups is 1. The number of aryl methyl sites for hydroxylation is 1. The molecule has 1 atom stereocenters. The molecule has 0 spiro atoms. The molecule has 0 bridgehead atoms. The smallest absolute Gasteiger partial charge is 0.326 e. The summed E-state index contributed by atoms with van der Waals surface area (Å²) in [5.41, 5.74) is 0.102. The highest BCUT2D eigenvalue weighted by Crippen LogP contribution is 2.32. The molecule has 0 radical (unpaired) electrons. The van der Waals surface area contributed by atoms with Crippen molar-refractivity contribution in [2.24, 2.45) is 0 Å². The van der Waals surface area contributed by atoms with Crippen LogP contribution in [0.5, 0.6) is 0 Å². The highest BCUT2D eigenvalue weighted by atomic mass is 19.4. The molecule has 1 aliphatic rings. The van der Waals surface area contributed by atoms with Gasteiger partial charge in [-0.3, -0.25) is 4.79 Å². The van der Waals surface area contributed by atoms with Crippen LogP contribution in [0.1, 0.15) is 36.8 Å². The zero-order valence-electron chi connectivity index (χ0n) is 11.9. The van der Waals surface area contributed by atoms with Gasteiger partial charge in [-0.1, -0.05) is 6.07 Å². The standard InChI is InChI=1S/C15H19F3N2O/c1-10-4-5-11(15(16,17)18)9-13(10)20-14(21)7-6-12-3-2-8-19-12/h4-5,9,12,19H,2-3,6-8H2,1H3,(H,20,21). The molecule has 0 aliphatic carbocycles. The van der Waals surface area contributed by atoms with Crippen LogP contribution in [0.4, 0.5) is 18.9 Å². The average molecular weight is 300 g/mol. The first kappa shape index (κ1) is 15.8. The Morgan fingerprint density at radius 3 is 2.81 bits per heavy atom. The SMILES string of the molecule is Cc1ccc(C(F)(F)F)cc1NC(=O)CCC1CCCN1. The van der Waals surface area contributed by atoms with E-state index in [1.54, 1.807) is 6.92 Å². The molecule has 21 heavy (non-hydrogen) atoms. The second-order valence-corrected chi connectivity index (χ2v) is 5.41. The van der Waals surface area contributed by atoms with Crippen LogP contribution in [0.15, 0.2) is 18.2 Å². The van der Waals surface area contributed by atoms with Crippen LogP contribution in [0.3, 0.4) is 0 Å². The summed E-state index contributed by atoms with van der Waals surface area (Å²) in [6, 6.07) is 3.73. The van der Waals surface area contributed by atoms with E-state index in [0.29, 0.717) is 24.4 Å². The first-order valence-corrected chi connectivity index (χ1v) is 7.07. The molecule has 1 heterocycles. The summed E-state index contributed by atoms with van der Waals surface area (Å²) in [7, 11) is 0. The molecule has 1 amide bonds. The van der Waals surface area contributed by atoms with Gasteiger partial charge in [-0.05, 0) is 50.4 Å². The molecule has 1 aliphatic heterocycles. The van der Waals surface area contributed by atoms with Gasteiger partial charge in [-0.15, -0.1) is 0 Å². The zero-order valence-corrected chi connectivity index (χ0v) is 11.9. The highest BCUT2D eigenvalue weighted by molar-refractivity contribution is 5.91. The molecular weight excluding hydrogens is 281 g/mol. The highest BCUT2D eigenvalue weighted by Gasteiger charge is 2.30. The molecular formula is C15H19F3N2O. The van der Waals surface area contributed by atoms with Crippen molar-refractivity contribution in [3.05, 3.63) is 29.3 Å². The van der Waals surface area contributed by atoms with E-state index < -0.39 is 11.7 Å². The van der Waals surface area contributed by atoms with Gasteiger partial charge >= 0.3 is 6.18 Å². The van der Waals surface area contributed by atoms with E-state index in [1.807, 2.05) is 0 Å². The van der Waals surface area contributed by atoms with E-state index in [-0.39, 0.29) is 11.6 Å². The van der Waals surface area contributed by atoms with Crippen LogP contribution in [0.25, 0.3) is 0 Å². The third-order valence-electron chi connectivity index (χ3n) is 3.72. The fraction of sp³-hybridized carbons (Fsp3) is 0.533. The maximum Gasteiger partial charge on any atom is 0.416 e. The Morgan fingerprint density at radius 1 is 1.43 bits per heavy atom. The van der Waals surface area contributed by atoms with Crippen molar-refractivity contribution < 1.29 is 18.0 Å². The quantitative estimate of drug-likeness (QED) is 0.894. The van der Waals surface area contributed by atoms with Gasteiger partial charge < -0.3 is 10.6 Å². The summed E-state index contributed by atoms with van der Waals surface area (Å²) >= 11 is 0. The Kier molecular flexibility index (Phi) is 4.88. The largest absolute Gasteiger partial charge is 0.416 e. The lowest BCUT2D eigenvalue weighted by Crippen LogP contribution is -2.23. The number of amides is 1. The number of carbonyl (C=O) groups excluding carboxylic acids is 1. The molecule has 1 unspecified atom stereocenters. The molecule has 3 nitrogen and oxygen atoms in total. The third kappa shape index (κ3) is 4.46. The monoisotopic (exact) mass is 300 g/mol. The van der Waals surface area contributed by atoms with Crippen molar-refractivity contribution >= 4 is 11.6 Å². The molecule has 2 rings (SSSR count). The molecule has 1 aromatic rings. The minimum Gasteiger partial charge on any atom is -0.326 e. The molecule has 1 saturated heterocycles. The fourth-order valence-corrected chi connectivity index (χ4v) is 2.45. The molecule has 1 aromatic carbocycles. The number of alkyl halides is 3. The predicted octanol–water partition coefficient (Wildman–Crippen LogP) is 3.48. The topological polar surface area (TPSA) is 41.1 Å². The van der Waals surface area contributed by atoms with E-state index in [9.17, 15) is 18.0 Å². The first-order valence-electron chi connectivity index (χ1n) is 7.07. The van der Waals surface area contributed by atoms with Gasteiger partial charge in [0, 0.05) is 18.2 Å². The average Bonchev–Trinajstić information content (AvgIpc) is 2.91. The first-order chi connectivity index (χ1) is 9.86. The molecule has 0 aromatic heterocycles. The Balaban J connectivity index is 1.96. The normalized spacial score (nSPS) is 18.8. The Bertz CT molecular complexity index is 508. The zero-order chi connectivity index (χ0) is 15.5. The van der Waals surface area contributed by atoms with Crippen LogP contribution in [-0.4, -0.2) is 18.5 Å². The minimum atomic E-state index is -4.40. The van der Waals surface area contributed by atoms with E-state index in [1.165, 1.54) is 6.07 Å². The van der Waals surface area contributed by atoms with E-state index in [4.69, 9.17) is 0 Å². The summed E-state index contributed by atoms with van der Waals surface area (Å²) in [4.78, 5) is 11.9. The van der Waals surface area contributed by atoms with Crippen LogP contribution in [0, 0.1) is 6.92 Å². The van der Waals surface area contributed by atoms with Crippen LogP contribution in [-0.2, 0) is 11.0 Å². The third-order valence-corrected chi connectivity index (χ3v) is 3.72. The fourth-order valence-electron chi connectivity index (χ4n) is 2.45. The molecule has 1 fully saturated rings. The summed E-state index contributed by atoms with van der Waals surface area (Å²) < 4.78 is 38.0. The van der Waals surface area contributed by atoms with Gasteiger partial charge in [-0.2, -0.15) is 13.2 Å². The second-order valence-electron chi connectivity index (χ2n) is 5.41. The van der Waals surface area contributed by atoms with Gasteiger partial charge in [-0.25, -0.2) is 0 Å². The molecule has 6 heteroatoms. The lowest BCUT2D eigenvalue weighted by atomic mass is 10.1. The molecule has 2 N–H and O–H groups in total. The Labute approximate surface area is 121 Å². The number of hydrogen-bond donors (Lipinski definition) is 2. The van der Waals surface area contributed by atoms with Crippen molar-refractivity contribution in [2.45, 2.75) is 44.8 Å². The van der Waals surface area contributed by atoms with Crippen molar-refractivity contribution in [1.29, 1.82) is 0 Å². The van der Waals surface area contributed by atoms with Crippen molar-refractivity contribution in [3.8, 4) is 0 Å². The Morgan fingerprint density at radius 2 is 2.19 bits per heavy atom. The van der Waals surface area contributed by atoms with Crippen LogP contribution < -0.4 is 10.6 Å². The Hall–Kier alpha value is -1.56. The number of rotatable bonds is 4. The number of benzene rings is 1. The molecule has 116 valence electrons. The summed E-state index contributed by atoms with van der Waals surface area (Å²) in [5, 5.41) is 5.87. The van der Waals surface area contributed by atoms with E-state index in [2.05, 4.69) is 10.6 Å². The van der Waals surface area contributed by atoms with Gasteiger partial charge in [0.05, 0.1) is 5.56 Å². The predicted molar refractivity (Wildman–Crippen MR) is 75.1 cm³/mol. The number of nitrogens with one attached hydrogen (secondary N) is 2. The van der Waals surface area contributed by atoms with Crippen LogP contribution in [0.2, 0.25) is 0 Å². The summed E-state index contributed by atoms with van der Waals surface area (Å²) in [5.74, 6) is -0.244. The molecule has 0 saturated carbocycles. The minimum absolute atomic E-state index is 0.231. The van der Waals surface area contributed by atoms with Crippen molar-refractivity contribution in [1.82, 2.24) is 5.32 Å². The van der Waals surface area contributed by atoms with Gasteiger partial charge in [0.15, 0.2) is 0 Å². The summed E-state index contributed by atoms with van der Waals surface area (Å²) in [6.45, 7) is 2.65. The second kappa shape index (κ2) is 6.47. The van der Waals surface area contributed by atoms with Crippen molar-refractivity contribution in [2.75, 3.05) is 11.9 Å². The van der Waals surface area contributed by atoms with Gasteiger partial charge in [0.2, 0.25) is 5.91 Å². The van der Waals surface area contributed by atoms with Crippen molar-refractivity contribution in [3.63, 3.8) is 0 Å². The number of halogens is 3. The van der Waals surface area contributed by atoms with E-state index >= 15 is 0 Å². The van der Waals surface area contributed by atoms with Gasteiger partial charge in [0.25, 0.3) is 0 Å².